The number of ether oxygens (including phenoxy) is 1. The number of anilines is 1. The fourth-order valence-corrected chi connectivity index (χ4v) is 3.41. The Hall–Kier alpha value is -2.82. The standard InChI is InChI=1S/C22H26N2O3/c1-15-6-9-17(10-7-15)22(26)24-12-4-5-18(14-24)21(25)23-19-13-16(2)8-11-20(19)27-3/h6-11,13,18H,4-5,12,14H2,1-3H3,(H,23,25). The summed E-state index contributed by atoms with van der Waals surface area (Å²) in [4.78, 5) is 27.3. The van der Waals surface area contributed by atoms with Gasteiger partial charge in [0, 0.05) is 18.7 Å². The van der Waals surface area contributed by atoms with Crippen LogP contribution in [0.4, 0.5) is 5.69 Å². The fraction of sp³-hybridized carbons (Fsp3) is 0.364. The summed E-state index contributed by atoms with van der Waals surface area (Å²) in [5, 5.41) is 2.98. The van der Waals surface area contributed by atoms with E-state index in [0.717, 1.165) is 24.0 Å². The minimum atomic E-state index is -0.224. The van der Waals surface area contributed by atoms with Crippen LogP contribution < -0.4 is 10.1 Å². The van der Waals surface area contributed by atoms with E-state index in [1.807, 2.05) is 56.3 Å². The summed E-state index contributed by atoms with van der Waals surface area (Å²) < 4.78 is 5.34. The summed E-state index contributed by atoms with van der Waals surface area (Å²) in [6.45, 7) is 5.09. The van der Waals surface area contributed by atoms with Crippen molar-refractivity contribution < 1.29 is 14.3 Å². The number of hydrogen-bond acceptors (Lipinski definition) is 3. The maximum absolute atomic E-state index is 12.8. The molecular formula is C22H26N2O3. The molecule has 1 aliphatic heterocycles. The SMILES string of the molecule is COc1ccc(C)cc1NC(=O)C1CCCN(C(=O)c2ccc(C)cc2)C1. The lowest BCUT2D eigenvalue weighted by atomic mass is 9.96. The molecule has 1 saturated heterocycles. The molecule has 0 saturated carbocycles. The van der Waals surface area contributed by atoms with Crippen molar-refractivity contribution in [2.45, 2.75) is 26.7 Å². The first-order chi connectivity index (χ1) is 13.0. The van der Waals surface area contributed by atoms with Gasteiger partial charge in [-0.15, -0.1) is 0 Å². The summed E-state index contributed by atoms with van der Waals surface area (Å²) in [5.74, 6) is 0.330. The molecule has 3 rings (SSSR count). The molecule has 1 fully saturated rings. The molecule has 142 valence electrons. The highest BCUT2D eigenvalue weighted by molar-refractivity contribution is 5.97. The zero-order valence-electron chi connectivity index (χ0n) is 16.1. The highest BCUT2D eigenvalue weighted by Gasteiger charge is 2.29. The number of piperidine rings is 1. The normalized spacial score (nSPS) is 16.7. The second-order valence-electron chi connectivity index (χ2n) is 7.15. The average Bonchev–Trinajstić information content (AvgIpc) is 2.68. The average molecular weight is 366 g/mol. The first-order valence-corrected chi connectivity index (χ1v) is 9.29. The van der Waals surface area contributed by atoms with Gasteiger partial charge in [0.2, 0.25) is 5.91 Å². The molecule has 0 aliphatic carbocycles. The summed E-state index contributed by atoms with van der Waals surface area (Å²) in [5.41, 5.74) is 3.51. The minimum Gasteiger partial charge on any atom is -0.495 e. The quantitative estimate of drug-likeness (QED) is 0.895. The summed E-state index contributed by atoms with van der Waals surface area (Å²) in [6, 6.07) is 13.2. The van der Waals surface area contributed by atoms with Crippen molar-refractivity contribution in [3.63, 3.8) is 0 Å². The molecule has 2 amide bonds. The van der Waals surface area contributed by atoms with Gasteiger partial charge in [-0.3, -0.25) is 9.59 Å². The Labute approximate surface area is 160 Å². The van der Waals surface area contributed by atoms with Crippen molar-refractivity contribution in [3.8, 4) is 5.75 Å². The van der Waals surface area contributed by atoms with Crippen LogP contribution >= 0.6 is 0 Å². The number of benzene rings is 2. The van der Waals surface area contributed by atoms with Crippen molar-refractivity contribution in [3.05, 3.63) is 59.2 Å². The van der Waals surface area contributed by atoms with Gasteiger partial charge >= 0.3 is 0 Å². The lowest BCUT2D eigenvalue weighted by molar-refractivity contribution is -0.121. The number of aryl methyl sites for hydroxylation is 2. The smallest absolute Gasteiger partial charge is 0.253 e. The van der Waals surface area contributed by atoms with Crippen molar-refractivity contribution in [1.82, 2.24) is 4.90 Å². The van der Waals surface area contributed by atoms with Crippen LogP contribution in [0.25, 0.3) is 0 Å². The molecule has 27 heavy (non-hydrogen) atoms. The lowest BCUT2D eigenvalue weighted by Crippen LogP contribution is -2.43. The zero-order chi connectivity index (χ0) is 19.4. The highest BCUT2D eigenvalue weighted by atomic mass is 16.5. The number of methoxy groups -OCH3 is 1. The molecule has 0 bridgehead atoms. The molecule has 1 unspecified atom stereocenters. The van der Waals surface area contributed by atoms with E-state index in [9.17, 15) is 9.59 Å². The first-order valence-electron chi connectivity index (χ1n) is 9.29. The second-order valence-corrected chi connectivity index (χ2v) is 7.15. The largest absolute Gasteiger partial charge is 0.495 e. The van der Waals surface area contributed by atoms with Gasteiger partial charge in [-0.1, -0.05) is 23.8 Å². The summed E-state index contributed by atoms with van der Waals surface area (Å²) >= 11 is 0. The number of nitrogens with zero attached hydrogens (tertiary/aromatic N) is 1. The zero-order valence-corrected chi connectivity index (χ0v) is 16.1. The van der Waals surface area contributed by atoms with Crippen LogP contribution in [0, 0.1) is 19.8 Å². The van der Waals surface area contributed by atoms with E-state index in [2.05, 4.69) is 5.32 Å². The van der Waals surface area contributed by atoms with E-state index in [4.69, 9.17) is 4.74 Å². The third-order valence-electron chi connectivity index (χ3n) is 4.99. The molecule has 2 aromatic carbocycles. The molecule has 5 nitrogen and oxygen atoms in total. The Morgan fingerprint density at radius 1 is 1.07 bits per heavy atom. The Balaban J connectivity index is 1.68. The Morgan fingerprint density at radius 2 is 1.78 bits per heavy atom. The number of hydrogen-bond donors (Lipinski definition) is 1. The van der Waals surface area contributed by atoms with Crippen LogP contribution in [0.3, 0.4) is 0 Å². The number of amides is 2. The van der Waals surface area contributed by atoms with E-state index in [-0.39, 0.29) is 17.7 Å². The molecule has 1 heterocycles. The minimum absolute atomic E-state index is 0.0133. The maximum atomic E-state index is 12.8. The molecule has 0 spiro atoms. The Kier molecular flexibility index (Phi) is 5.79. The predicted octanol–water partition coefficient (Wildman–Crippen LogP) is 3.80. The van der Waals surface area contributed by atoms with Crippen LogP contribution in [0.15, 0.2) is 42.5 Å². The number of likely N-dealkylation sites (tertiary alicyclic amines) is 1. The van der Waals surface area contributed by atoms with Gasteiger partial charge in [0.05, 0.1) is 18.7 Å². The maximum Gasteiger partial charge on any atom is 0.253 e. The lowest BCUT2D eigenvalue weighted by Gasteiger charge is -2.32. The number of nitrogens with one attached hydrogen (secondary N) is 1. The van der Waals surface area contributed by atoms with Crippen LogP contribution in [0.5, 0.6) is 5.75 Å². The van der Waals surface area contributed by atoms with Gasteiger partial charge < -0.3 is 15.0 Å². The third-order valence-corrected chi connectivity index (χ3v) is 4.99. The van der Waals surface area contributed by atoms with E-state index in [0.29, 0.717) is 30.1 Å². The Bertz CT molecular complexity index is 830. The van der Waals surface area contributed by atoms with E-state index in [1.165, 1.54) is 0 Å². The van der Waals surface area contributed by atoms with Crippen LogP contribution in [0.2, 0.25) is 0 Å². The summed E-state index contributed by atoms with van der Waals surface area (Å²) in [7, 11) is 1.59. The van der Waals surface area contributed by atoms with Gasteiger partial charge in [0.1, 0.15) is 5.75 Å². The topological polar surface area (TPSA) is 58.6 Å². The van der Waals surface area contributed by atoms with Crippen molar-refractivity contribution in [1.29, 1.82) is 0 Å². The first kappa shape index (κ1) is 19.0. The highest BCUT2D eigenvalue weighted by Crippen LogP contribution is 2.27. The van der Waals surface area contributed by atoms with Gasteiger partial charge in [-0.05, 0) is 56.5 Å². The van der Waals surface area contributed by atoms with Gasteiger partial charge in [-0.25, -0.2) is 0 Å². The van der Waals surface area contributed by atoms with E-state index >= 15 is 0 Å². The molecule has 0 aromatic heterocycles. The monoisotopic (exact) mass is 366 g/mol. The van der Waals surface area contributed by atoms with Crippen LogP contribution in [-0.4, -0.2) is 36.9 Å². The third kappa shape index (κ3) is 4.48. The van der Waals surface area contributed by atoms with Gasteiger partial charge in [0.25, 0.3) is 5.91 Å². The van der Waals surface area contributed by atoms with Crippen molar-refractivity contribution in [2.75, 3.05) is 25.5 Å². The van der Waals surface area contributed by atoms with E-state index < -0.39 is 0 Å². The molecule has 1 atom stereocenters. The molecule has 0 radical (unpaired) electrons. The summed E-state index contributed by atoms with van der Waals surface area (Å²) in [6.07, 6.45) is 1.60. The van der Waals surface area contributed by atoms with Crippen molar-refractivity contribution >= 4 is 17.5 Å². The number of carbonyl (C=O) groups excluding carboxylic acids is 2. The van der Waals surface area contributed by atoms with Crippen LogP contribution in [0.1, 0.15) is 34.3 Å². The molecule has 1 N–H and O–H groups in total. The van der Waals surface area contributed by atoms with Crippen LogP contribution in [-0.2, 0) is 4.79 Å². The number of carbonyl (C=O) groups is 2. The van der Waals surface area contributed by atoms with Crippen molar-refractivity contribution in [2.24, 2.45) is 5.92 Å². The molecule has 1 aliphatic rings. The van der Waals surface area contributed by atoms with Gasteiger partial charge in [0.15, 0.2) is 0 Å². The molecular weight excluding hydrogens is 340 g/mol. The molecule has 5 heteroatoms. The fourth-order valence-electron chi connectivity index (χ4n) is 3.41. The Morgan fingerprint density at radius 3 is 2.48 bits per heavy atom. The predicted molar refractivity (Wildman–Crippen MR) is 106 cm³/mol. The number of rotatable bonds is 4. The van der Waals surface area contributed by atoms with Gasteiger partial charge in [-0.2, -0.15) is 0 Å². The second kappa shape index (κ2) is 8.25. The van der Waals surface area contributed by atoms with E-state index in [1.54, 1.807) is 12.0 Å². The molecule has 2 aromatic rings.